The lowest BCUT2D eigenvalue weighted by atomic mass is 9.98. The van der Waals surface area contributed by atoms with Crippen molar-refractivity contribution in [1.29, 1.82) is 0 Å². The molecule has 0 saturated carbocycles. The molecule has 6 nitrogen and oxygen atoms in total. The van der Waals surface area contributed by atoms with Gasteiger partial charge in [-0.05, 0) is 37.0 Å². The third-order valence-electron chi connectivity index (χ3n) is 4.47. The Balaban J connectivity index is 1.54. The minimum Gasteiger partial charge on any atom is -0.346 e. The van der Waals surface area contributed by atoms with E-state index in [4.69, 9.17) is 0 Å². The van der Waals surface area contributed by atoms with Crippen LogP contribution in [0.25, 0.3) is 11.0 Å². The Labute approximate surface area is 143 Å². The second kappa shape index (κ2) is 6.93. The number of hydrogen-bond acceptors (Lipinski definition) is 3. The Morgan fingerprint density at radius 3 is 2.72 bits per heavy atom. The molecular formula is C15H19F3N4O2S. The maximum atomic E-state index is 12.7. The van der Waals surface area contributed by atoms with Crippen molar-refractivity contribution in [1.82, 2.24) is 19.0 Å². The van der Waals surface area contributed by atoms with Crippen molar-refractivity contribution in [3.63, 3.8) is 0 Å². The van der Waals surface area contributed by atoms with Gasteiger partial charge in [0.25, 0.3) is 10.2 Å². The molecule has 1 aliphatic heterocycles. The van der Waals surface area contributed by atoms with Gasteiger partial charge in [-0.2, -0.15) is 25.9 Å². The fourth-order valence-electron chi connectivity index (χ4n) is 3.05. The number of H-pyrrole nitrogens is 1. The molecule has 1 aliphatic rings. The Kier molecular flexibility index (Phi) is 5.03. The van der Waals surface area contributed by atoms with Gasteiger partial charge >= 0.3 is 6.18 Å². The Morgan fingerprint density at radius 2 is 2.04 bits per heavy atom. The Hall–Kier alpha value is -1.65. The number of halogens is 3. The minimum atomic E-state index is -4.26. The summed E-state index contributed by atoms with van der Waals surface area (Å²) < 4.78 is 66.0. The zero-order chi connectivity index (χ0) is 18.1. The second-order valence-electron chi connectivity index (χ2n) is 6.08. The molecule has 138 valence electrons. The molecule has 3 rings (SSSR count). The van der Waals surface area contributed by atoms with Crippen LogP contribution in [-0.2, 0) is 16.6 Å². The van der Waals surface area contributed by atoms with Crippen LogP contribution in [0.4, 0.5) is 13.2 Å². The van der Waals surface area contributed by atoms with Gasteiger partial charge in [0.2, 0.25) is 0 Å². The van der Waals surface area contributed by atoms with Crippen molar-refractivity contribution in [3.8, 4) is 0 Å². The zero-order valence-electron chi connectivity index (χ0n) is 13.4. The van der Waals surface area contributed by atoms with Gasteiger partial charge in [-0.1, -0.05) is 0 Å². The van der Waals surface area contributed by atoms with Crippen molar-refractivity contribution in [2.75, 3.05) is 19.6 Å². The van der Waals surface area contributed by atoms with Gasteiger partial charge in [0.15, 0.2) is 0 Å². The number of nitrogens with one attached hydrogen (secondary N) is 2. The zero-order valence-corrected chi connectivity index (χ0v) is 14.2. The molecule has 10 heteroatoms. The molecule has 0 aromatic carbocycles. The molecule has 0 atom stereocenters. The van der Waals surface area contributed by atoms with E-state index in [0.29, 0.717) is 6.42 Å². The summed E-state index contributed by atoms with van der Waals surface area (Å²) in [6.45, 7) is -0.0591. The normalized spacial score (nSPS) is 18.0. The van der Waals surface area contributed by atoms with E-state index in [1.54, 1.807) is 18.5 Å². The summed E-state index contributed by atoms with van der Waals surface area (Å²) >= 11 is 0. The van der Waals surface area contributed by atoms with E-state index in [-0.39, 0.29) is 32.5 Å². The van der Waals surface area contributed by atoms with Crippen LogP contribution in [0.2, 0.25) is 0 Å². The van der Waals surface area contributed by atoms with Crippen molar-refractivity contribution in [2.24, 2.45) is 5.92 Å². The lowest BCUT2D eigenvalue weighted by Crippen LogP contribution is -2.47. The quantitative estimate of drug-likeness (QED) is 0.840. The fraction of sp³-hybridized carbons (Fsp3) is 0.533. The smallest absolute Gasteiger partial charge is 0.346 e. The maximum Gasteiger partial charge on any atom is 0.391 e. The lowest BCUT2D eigenvalue weighted by Gasteiger charge is -2.32. The molecule has 0 amide bonds. The van der Waals surface area contributed by atoms with Gasteiger partial charge in [-0.3, -0.25) is 0 Å². The summed E-state index contributed by atoms with van der Waals surface area (Å²) in [5.41, 5.74) is 1.66. The average Bonchev–Trinajstić information content (AvgIpc) is 2.97. The van der Waals surface area contributed by atoms with Crippen LogP contribution in [0.1, 0.15) is 18.4 Å². The molecule has 2 aromatic heterocycles. The summed E-state index contributed by atoms with van der Waals surface area (Å²) in [7, 11) is -3.77. The molecule has 0 unspecified atom stereocenters. The molecule has 2 aromatic rings. The molecule has 2 N–H and O–H groups in total. The predicted octanol–water partition coefficient (Wildman–Crippen LogP) is 2.21. The van der Waals surface area contributed by atoms with Gasteiger partial charge in [0.05, 0.1) is 5.92 Å². The van der Waals surface area contributed by atoms with Crippen LogP contribution in [0.5, 0.6) is 0 Å². The highest BCUT2D eigenvalue weighted by Gasteiger charge is 2.42. The van der Waals surface area contributed by atoms with E-state index < -0.39 is 22.3 Å². The van der Waals surface area contributed by atoms with Crippen LogP contribution in [0.15, 0.2) is 24.5 Å². The van der Waals surface area contributed by atoms with E-state index in [1.807, 2.05) is 6.07 Å². The van der Waals surface area contributed by atoms with E-state index in [2.05, 4.69) is 14.7 Å². The number of fused-ring (bicyclic) bond motifs is 1. The minimum absolute atomic E-state index is 0.115. The van der Waals surface area contributed by atoms with E-state index >= 15 is 0 Å². The van der Waals surface area contributed by atoms with Crippen LogP contribution < -0.4 is 4.72 Å². The number of hydrogen-bond donors (Lipinski definition) is 2. The van der Waals surface area contributed by atoms with Crippen LogP contribution in [-0.4, -0.2) is 48.5 Å². The van der Waals surface area contributed by atoms with Crippen molar-refractivity contribution >= 4 is 21.2 Å². The van der Waals surface area contributed by atoms with Crippen LogP contribution >= 0.6 is 0 Å². The number of aromatic nitrogens is 2. The molecular weight excluding hydrogens is 357 g/mol. The summed E-state index contributed by atoms with van der Waals surface area (Å²) in [6.07, 6.45) is -0.746. The van der Waals surface area contributed by atoms with Gasteiger partial charge in [0.1, 0.15) is 5.65 Å². The molecule has 1 saturated heterocycles. The van der Waals surface area contributed by atoms with Gasteiger partial charge in [-0.15, -0.1) is 0 Å². The number of pyridine rings is 1. The number of alkyl halides is 3. The van der Waals surface area contributed by atoms with Gasteiger partial charge in [-0.25, -0.2) is 9.71 Å². The largest absolute Gasteiger partial charge is 0.391 e. The van der Waals surface area contributed by atoms with Crippen LogP contribution in [0, 0.1) is 5.92 Å². The standard InChI is InChI=1S/C15H19F3N4O2S/c16-15(17,18)12-4-8-22(9-5-12)25(23,24)21-7-3-11-10-20-14-13(11)2-1-6-19-14/h1-2,6,10,12,21H,3-5,7-9H2,(H,19,20). The fourth-order valence-corrected chi connectivity index (χ4v) is 4.28. The molecule has 0 aliphatic carbocycles. The summed E-state index contributed by atoms with van der Waals surface area (Å²) in [5, 5.41) is 0.924. The van der Waals surface area contributed by atoms with Crippen molar-refractivity contribution < 1.29 is 21.6 Å². The second-order valence-corrected chi connectivity index (χ2v) is 7.83. The highest BCUT2D eigenvalue weighted by atomic mass is 32.2. The third-order valence-corrected chi connectivity index (χ3v) is 6.09. The Bertz CT molecular complexity index is 827. The monoisotopic (exact) mass is 376 g/mol. The van der Waals surface area contributed by atoms with Gasteiger partial charge in [0, 0.05) is 37.4 Å². The summed E-state index contributed by atoms with van der Waals surface area (Å²) in [5.74, 6) is -1.42. The first-order valence-electron chi connectivity index (χ1n) is 8.00. The van der Waals surface area contributed by atoms with Crippen molar-refractivity contribution in [2.45, 2.75) is 25.4 Å². The Morgan fingerprint density at radius 1 is 1.32 bits per heavy atom. The van der Waals surface area contributed by atoms with E-state index in [1.165, 1.54) is 0 Å². The summed E-state index contributed by atoms with van der Waals surface area (Å²) in [4.78, 5) is 7.18. The lowest BCUT2D eigenvalue weighted by molar-refractivity contribution is -0.182. The number of rotatable bonds is 5. The summed E-state index contributed by atoms with van der Waals surface area (Å²) in [6, 6.07) is 3.69. The topological polar surface area (TPSA) is 78.1 Å². The highest BCUT2D eigenvalue weighted by Crippen LogP contribution is 2.34. The first-order chi connectivity index (χ1) is 11.8. The molecule has 1 fully saturated rings. The molecule has 3 heterocycles. The maximum absolute atomic E-state index is 12.7. The predicted molar refractivity (Wildman–Crippen MR) is 87.1 cm³/mol. The van der Waals surface area contributed by atoms with E-state index in [0.717, 1.165) is 20.9 Å². The van der Waals surface area contributed by atoms with E-state index in [9.17, 15) is 21.6 Å². The number of nitrogens with zero attached hydrogens (tertiary/aromatic N) is 2. The molecule has 0 radical (unpaired) electrons. The molecule has 0 spiro atoms. The first kappa shape index (κ1) is 18.2. The molecule has 25 heavy (non-hydrogen) atoms. The average molecular weight is 376 g/mol. The van der Waals surface area contributed by atoms with Crippen LogP contribution in [0.3, 0.4) is 0 Å². The third kappa shape index (κ3) is 4.13. The molecule has 0 bridgehead atoms. The SMILES string of the molecule is O=S(=O)(NCCc1c[nH]c2ncccc12)N1CCC(C(F)(F)F)CC1. The van der Waals surface area contributed by atoms with Gasteiger partial charge < -0.3 is 4.98 Å². The van der Waals surface area contributed by atoms with Crippen molar-refractivity contribution in [3.05, 3.63) is 30.1 Å². The highest BCUT2D eigenvalue weighted by molar-refractivity contribution is 7.87. The number of piperidine rings is 1. The number of aromatic amines is 1. The first-order valence-corrected chi connectivity index (χ1v) is 9.44.